The molecule has 0 radical (unpaired) electrons. The second kappa shape index (κ2) is 11.5. The number of carbonyl (C=O) groups excluding carboxylic acids is 1. The van der Waals surface area contributed by atoms with Crippen LogP contribution in [-0.2, 0) is 4.74 Å². The molecule has 2 rings (SSSR count). The predicted molar refractivity (Wildman–Crippen MR) is 140 cm³/mol. The van der Waals surface area contributed by atoms with Gasteiger partial charge in [-0.05, 0) is 83.6 Å². The van der Waals surface area contributed by atoms with Crippen LogP contribution in [0, 0.1) is 5.92 Å². The Morgan fingerprint density at radius 2 is 1.97 bits per heavy atom. The van der Waals surface area contributed by atoms with Crippen LogP contribution >= 0.6 is 0 Å². The summed E-state index contributed by atoms with van der Waals surface area (Å²) in [7, 11) is 1.86. The van der Waals surface area contributed by atoms with Crippen molar-refractivity contribution < 1.29 is 9.53 Å². The summed E-state index contributed by atoms with van der Waals surface area (Å²) in [6.45, 7) is 21.9. The van der Waals surface area contributed by atoms with E-state index in [1.165, 1.54) is 22.4 Å². The summed E-state index contributed by atoms with van der Waals surface area (Å²) in [5.74, 6) is 0.199. The molecule has 0 saturated carbocycles. The van der Waals surface area contributed by atoms with E-state index in [9.17, 15) is 4.79 Å². The minimum Gasteiger partial charge on any atom is -0.444 e. The molecular weight excluding hydrogens is 410 g/mol. The van der Waals surface area contributed by atoms with Gasteiger partial charge >= 0.3 is 6.09 Å². The first-order valence-electron chi connectivity index (χ1n) is 12.2. The van der Waals surface area contributed by atoms with Gasteiger partial charge in [-0.3, -0.25) is 4.99 Å². The third-order valence-corrected chi connectivity index (χ3v) is 5.88. The van der Waals surface area contributed by atoms with Crippen molar-refractivity contribution in [3.8, 4) is 0 Å². The summed E-state index contributed by atoms with van der Waals surface area (Å²) in [6.07, 6.45) is 10.2. The van der Waals surface area contributed by atoms with Crippen LogP contribution in [0.15, 0.2) is 63.9 Å². The third kappa shape index (κ3) is 6.96. The molecule has 1 atom stereocenters. The Bertz CT molecular complexity index is 893. The van der Waals surface area contributed by atoms with Gasteiger partial charge < -0.3 is 14.5 Å². The van der Waals surface area contributed by atoms with E-state index in [-0.39, 0.29) is 12.0 Å². The standard InChI is InChI=1S/C28H43N3O2/c1-10-30(11-2)24-16-12-15-23(29-9)26(24)25(20(3)4)22-14-13-17-31(19-21(5)18-22)27(32)33-28(6,7)8/h12,15-16,18,21H,3,10-11,13-14,17,19H2,1-2,4-9H3/b22-18-,26-25-,29-23?/t21-/m1/s1. The number of hydrogen-bond acceptors (Lipinski definition) is 4. The Morgan fingerprint density at radius 3 is 2.52 bits per heavy atom. The molecule has 182 valence electrons. The van der Waals surface area contributed by atoms with Crippen LogP contribution in [0.3, 0.4) is 0 Å². The first-order chi connectivity index (χ1) is 15.5. The van der Waals surface area contributed by atoms with Crippen molar-refractivity contribution in [2.24, 2.45) is 10.9 Å². The second-order valence-corrected chi connectivity index (χ2v) is 9.92. The summed E-state index contributed by atoms with van der Waals surface area (Å²) in [6, 6.07) is 0. The largest absolute Gasteiger partial charge is 0.444 e. The average molecular weight is 454 g/mol. The second-order valence-electron chi connectivity index (χ2n) is 9.92. The number of rotatable bonds is 5. The topological polar surface area (TPSA) is 45.1 Å². The normalized spacial score (nSPS) is 23.8. The molecule has 0 saturated heterocycles. The van der Waals surface area contributed by atoms with Gasteiger partial charge in [-0.25, -0.2) is 4.79 Å². The van der Waals surface area contributed by atoms with E-state index in [2.05, 4.69) is 68.5 Å². The molecule has 0 spiro atoms. The third-order valence-electron chi connectivity index (χ3n) is 5.88. The van der Waals surface area contributed by atoms with E-state index in [1.54, 1.807) is 0 Å². The molecule has 0 aromatic heterocycles. The SMILES string of the molecule is C=C(C)C(/C1=C\[C@@H](C)CN(C(=O)OC(C)(C)C)CCC1)=C1/C(N(CC)CC)=CC=CC1=NC. The number of hydrogen-bond donors (Lipinski definition) is 0. The lowest BCUT2D eigenvalue weighted by atomic mass is 9.84. The number of nitrogens with zero attached hydrogens (tertiary/aromatic N) is 3. The molecule has 0 aromatic carbocycles. The van der Waals surface area contributed by atoms with Gasteiger partial charge in [0.05, 0.1) is 5.71 Å². The molecule has 1 heterocycles. The van der Waals surface area contributed by atoms with Crippen molar-refractivity contribution in [1.82, 2.24) is 9.80 Å². The first kappa shape index (κ1) is 26.7. The smallest absolute Gasteiger partial charge is 0.410 e. The highest BCUT2D eigenvalue weighted by Crippen LogP contribution is 2.35. The molecule has 0 aromatic rings. The van der Waals surface area contributed by atoms with Crippen LogP contribution in [-0.4, -0.2) is 60.4 Å². The molecule has 0 bridgehead atoms. The van der Waals surface area contributed by atoms with Gasteiger partial charge in [-0.15, -0.1) is 0 Å². The molecule has 5 nitrogen and oxygen atoms in total. The molecule has 0 N–H and O–H groups in total. The fourth-order valence-electron chi connectivity index (χ4n) is 4.53. The molecule has 5 heteroatoms. The fourth-order valence-corrected chi connectivity index (χ4v) is 4.53. The first-order valence-corrected chi connectivity index (χ1v) is 12.2. The summed E-state index contributed by atoms with van der Waals surface area (Å²) >= 11 is 0. The van der Waals surface area contributed by atoms with Gasteiger partial charge in [0.2, 0.25) is 0 Å². The van der Waals surface area contributed by atoms with Crippen molar-refractivity contribution in [1.29, 1.82) is 0 Å². The van der Waals surface area contributed by atoms with E-state index in [0.717, 1.165) is 37.2 Å². The molecule has 0 unspecified atom stereocenters. The van der Waals surface area contributed by atoms with E-state index >= 15 is 0 Å². The number of aliphatic imine (C=N–C) groups is 1. The Labute approximate surface area is 201 Å². The molecule has 2 aliphatic rings. The average Bonchev–Trinajstić information content (AvgIpc) is 2.71. The van der Waals surface area contributed by atoms with Gasteiger partial charge in [0, 0.05) is 44.5 Å². The van der Waals surface area contributed by atoms with Crippen LogP contribution in [0.4, 0.5) is 4.79 Å². The van der Waals surface area contributed by atoms with Crippen molar-refractivity contribution in [2.75, 3.05) is 33.2 Å². The molecule has 0 fully saturated rings. The Hall–Kier alpha value is -2.56. The van der Waals surface area contributed by atoms with Gasteiger partial charge in [-0.1, -0.05) is 31.2 Å². The zero-order valence-electron chi connectivity index (χ0n) is 22.0. The number of carbonyl (C=O) groups is 1. The number of ether oxygens (including phenoxy) is 1. The molecular formula is C28H43N3O2. The van der Waals surface area contributed by atoms with Crippen LogP contribution in [0.5, 0.6) is 0 Å². The Kier molecular flexibility index (Phi) is 9.33. The quantitative estimate of drug-likeness (QED) is 0.489. The summed E-state index contributed by atoms with van der Waals surface area (Å²) in [5, 5.41) is 0. The lowest BCUT2D eigenvalue weighted by Gasteiger charge is -2.33. The van der Waals surface area contributed by atoms with E-state index in [1.807, 2.05) is 32.7 Å². The van der Waals surface area contributed by atoms with Gasteiger partial charge in [0.1, 0.15) is 5.60 Å². The van der Waals surface area contributed by atoms with E-state index < -0.39 is 5.60 Å². The highest BCUT2D eigenvalue weighted by molar-refractivity contribution is 6.14. The fraction of sp³-hybridized carbons (Fsp3) is 0.571. The minimum atomic E-state index is -0.487. The summed E-state index contributed by atoms with van der Waals surface area (Å²) in [4.78, 5) is 21.5. The lowest BCUT2D eigenvalue weighted by Crippen LogP contribution is -2.40. The van der Waals surface area contributed by atoms with Crippen LogP contribution in [0.25, 0.3) is 0 Å². The zero-order chi connectivity index (χ0) is 24.8. The molecule has 33 heavy (non-hydrogen) atoms. The molecule has 1 aliphatic heterocycles. The summed E-state index contributed by atoms with van der Waals surface area (Å²) in [5.41, 5.74) is 6.40. The minimum absolute atomic E-state index is 0.199. The Morgan fingerprint density at radius 1 is 1.30 bits per heavy atom. The zero-order valence-corrected chi connectivity index (χ0v) is 22.0. The van der Waals surface area contributed by atoms with Gasteiger partial charge in [-0.2, -0.15) is 0 Å². The maximum atomic E-state index is 12.7. The Balaban J connectivity index is 2.51. The van der Waals surface area contributed by atoms with E-state index in [4.69, 9.17) is 4.74 Å². The highest BCUT2D eigenvalue weighted by Gasteiger charge is 2.27. The van der Waals surface area contributed by atoms with Crippen molar-refractivity contribution in [3.63, 3.8) is 0 Å². The highest BCUT2D eigenvalue weighted by atomic mass is 16.6. The molecule has 1 amide bonds. The predicted octanol–water partition coefficient (Wildman–Crippen LogP) is 6.32. The van der Waals surface area contributed by atoms with Crippen molar-refractivity contribution in [3.05, 3.63) is 58.9 Å². The van der Waals surface area contributed by atoms with Crippen LogP contribution in [0.2, 0.25) is 0 Å². The lowest BCUT2D eigenvalue weighted by molar-refractivity contribution is 0.0230. The number of amides is 1. The van der Waals surface area contributed by atoms with Gasteiger partial charge in [0.15, 0.2) is 0 Å². The van der Waals surface area contributed by atoms with Crippen molar-refractivity contribution in [2.45, 2.75) is 66.9 Å². The maximum absolute atomic E-state index is 12.7. The van der Waals surface area contributed by atoms with Gasteiger partial charge in [0.25, 0.3) is 0 Å². The van der Waals surface area contributed by atoms with E-state index in [0.29, 0.717) is 13.1 Å². The van der Waals surface area contributed by atoms with Crippen molar-refractivity contribution >= 4 is 11.8 Å². The van der Waals surface area contributed by atoms with Crippen LogP contribution < -0.4 is 0 Å². The monoisotopic (exact) mass is 453 g/mol. The summed E-state index contributed by atoms with van der Waals surface area (Å²) < 4.78 is 5.63. The maximum Gasteiger partial charge on any atom is 0.410 e. The number of likely N-dealkylation sites (N-methyl/N-ethyl adjacent to an activating group) is 1. The van der Waals surface area contributed by atoms with Crippen LogP contribution in [0.1, 0.15) is 61.3 Å². The number of allylic oxidation sites excluding steroid dienone is 7. The molecule has 1 aliphatic carbocycles.